The number of fused-ring (bicyclic) bond motifs is 2. The minimum atomic E-state index is -1.22. The van der Waals surface area contributed by atoms with Crippen LogP contribution in [0.5, 0.6) is 5.88 Å². The van der Waals surface area contributed by atoms with Crippen molar-refractivity contribution in [3.63, 3.8) is 0 Å². The Morgan fingerprint density at radius 1 is 1.13 bits per heavy atom. The predicted molar refractivity (Wildman–Crippen MR) is 113 cm³/mol. The molecule has 5 rings (SSSR count). The van der Waals surface area contributed by atoms with Gasteiger partial charge in [0.25, 0.3) is 0 Å². The van der Waals surface area contributed by atoms with Crippen LogP contribution in [0.25, 0.3) is 17.3 Å². The number of likely N-dealkylation sites (N-methyl/N-ethyl adjacent to an activating group) is 1. The zero-order chi connectivity index (χ0) is 21.0. The van der Waals surface area contributed by atoms with E-state index in [9.17, 15) is 9.50 Å². The molecule has 3 aromatic rings. The lowest BCUT2D eigenvalue weighted by molar-refractivity contribution is 0.0280. The maximum Gasteiger partial charge on any atom is 0.228 e. The highest BCUT2D eigenvalue weighted by molar-refractivity contribution is 5.85. The van der Waals surface area contributed by atoms with Gasteiger partial charge in [0.1, 0.15) is 5.82 Å². The quantitative estimate of drug-likeness (QED) is 0.702. The van der Waals surface area contributed by atoms with Crippen LogP contribution in [0.1, 0.15) is 25.1 Å². The van der Waals surface area contributed by atoms with E-state index < -0.39 is 12.1 Å². The van der Waals surface area contributed by atoms with E-state index in [1.165, 1.54) is 6.07 Å². The molecule has 156 valence electrons. The molecule has 5 heterocycles. The fourth-order valence-corrected chi connectivity index (χ4v) is 4.15. The Morgan fingerprint density at radius 3 is 2.77 bits per heavy atom. The molecule has 3 aromatic heterocycles. The number of rotatable bonds is 2. The van der Waals surface area contributed by atoms with Crippen molar-refractivity contribution in [1.29, 1.82) is 0 Å². The molecule has 0 aliphatic carbocycles. The minimum Gasteiger partial charge on any atom is -0.443 e. The van der Waals surface area contributed by atoms with Gasteiger partial charge in [0.15, 0.2) is 11.5 Å². The second-order valence-electron chi connectivity index (χ2n) is 8.14. The van der Waals surface area contributed by atoms with Crippen LogP contribution < -0.4 is 9.64 Å². The van der Waals surface area contributed by atoms with Crippen molar-refractivity contribution in [1.82, 2.24) is 19.3 Å². The van der Waals surface area contributed by atoms with Crippen LogP contribution in [0.15, 0.2) is 36.7 Å². The van der Waals surface area contributed by atoms with Crippen LogP contribution in [0, 0.1) is 5.82 Å². The summed E-state index contributed by atoms with van der Waals surface area (Å²) in [6.07, 6.45) is 3.97. The number of anilines is 1. The van der Waals surface area contributed by atoms with Crippen molar-refractivity contribution < 1.29 is 14.2 Å². The summed E-state index contributed by atoms with van der Waals surface area (Å²) in [6, 6.07) is 7.63. The zero-order valence-corrected chi connectivity index (χ0v) is 17.2. The van der Waals surface area contributed by atoms with Crippen LogP contribution >= 0.6 is 0 Å². The van der Waals surface area contributed by atoms with Gasteiger partial charge in [-0.05, 0) is 51.2 Å². The standard InChI is InChI=1S/C22H24FN5O2/c1-13-11-28(14(2)10-26(13)3)19-7-6-15-9-16(22(29)30-21(15)25-19)18-12-27-8-4-5-17(23)20(27)24-18/h4-9,12-14,22,29H,10-11H2,1-3H3. The van der Waals surface area contributed by atoms with Crippen LogP contribution in [0.2, 0.25) is 0 Å². The molecule has 0 aromatic carbocycles. The van der Waals surface area contributed by atoms with Crippen molar-refractivity contribution in [2.75, 3.05) is 25.0 Å². The third-order valence-corrected chi connectivity index (χ3v) is 6.00. The van der Waals surface area contributed by atoms with E-state index in [2.05, 4.69) is 40.7 Å². The number of hydrogen-bond acceptors (Lipinski definition) is 6. The topological polar surface area (TPSA) is 66.1 Å². The molecule has 3 atom stereocenters. The van der Waals surface area contributed by atoms with Crippen molar-refractivity contribution in [3.8, 4) is 5.88 Å². The normalized spacial score (nSPS) is 24.5. The molecule has 2 aliphatic heterocycles. The molecule has 8 heteroatoms. The van der Waals surface area contributed by atoms with Gasteiger partial charge in [-0.25, -0.2) is 9.37 Å². The molecule has 7 nitrogen and oxygen atoms in total. The highest BCUT2D eigenvalue weighted by atomic mass is 19.1. The summed E-state index contributed by atoms with van der Waals surface area (Å²) in [5, 5.41) is 10.6. The number of pyridine rings is 2. The lowest BCUT2D eigenvalue weighted by Crippen LogP contribution is -2.55. The number of ether oxygens (including phenoxy) is 1. The van der Waals surface area contributed by atoms with Crippen LogP contribution in [0.4, 0.5) is 10.2 Å². The summed E-state index contributed by atoms with van der Waals surface area (Å²) in [4.78, 5) is 13.6. The maximum absolute atomic E-state index is 14.0. The molecular formula is C22H24FN5O2. The summed E-state index contributed by atoms with van der Waals surface area (Å²) in [5.74, 6) is 0.801. The molecule has 30 heavy (non-hydrogen) atoms. The van der Waals surface area contributed by atoms with Crippen molar-refractivity contribution in [2.45, 2.75) is 32.2 Å². The summed E-state index contributed by atoms with van der Waals surface area (Å²) in [6.45, 7) is 6.21. The van der Waals surface area contributed by atoms with Gasteiger partial charge in [0.2, 0.25) is 12.2 Å². The lowest BCUT2D eigenvalue weighted by Gasteiger charge is -2.43. The largest absolute Gasteiger partial charge is 0.443 e. The monoisotopic (exact) mass is 409 g/mol. The fraction of sp³-hybridized carbons (Fsp3) is 0.364. The van der Waals surface area contributed by atoms with E-state index in [-0.39, 0.29) is 5.65 Å². The van der Waals surface area contributed by atoms with Gasteiger partial charge in [0, 0.05) is 48.7 Å². The molecule has 1 saturated heterocycles. The fourth-order valence-electron chi connectivity index (χ4n) is 4.15. The van der Waals surface area contributed by atoms with E-state index in [0.29, 0.717) is 29.2 Å². The Labute approximate surface area is 174 Å². The van der Waals surface area contributed by atoms with Crippen LogP contribution in [0.3, 0.4) is 0 Å². The first-order valence-electron chi connectivity index (χ1n) is 10.1. The average molecular weight is 409 g/mol. The Hall–Kier alpha value is -2.97. The minimum absolute atomic E-state index is 0.207. The second kappa shape index (κ2) is 7.07. The first kappa shape index (κ1) is 19.0. The van der Waals surface area contributed by atoms with Crippen LogP contribution in [-0.2, 0) is 0 Å². The van der Waals surface area contributed by atoms with Gasteiger partial charge in [-0.3, -0.25) is 4.90 Å². The van der Waals surface area contributed by atoms with E-state index in [1.54, 1.807) is 28.9 Å². The second-order valence-corrected chi connectivity index (χ2v) is 8.14. The first-order valence-corrected chi connectivity index (χ1v) is 10.1. The molecule has 0 radical (unpaired) electrons. The van der Waals surface area contributed by atoms with E-state index in [0.717, 1.165) is 24.5 Å². The summed E-state index contributed by atoms with van der Waals surface area (Å²) >= 11 is 0. The predicted octanol–water partition coefficient (Wildman–Crippen LogP) is 2.65. The van der Waals surface area contributed by atoms with Gasteiger partial charge in [-0.2, -0.15) is 4.98 Å². The molecule has 0 saturated carbocycles. The molecule has 0 amide bonds. The zero-order valence-electron chi connectivity index (χ0n) is 17.2. The van der Waals surface area contributed by atoms with Crippen molar-refractivity contribution in [3.05, 3.63) is 53.7 Å². The highest BCUT2D eigenvalue weighted by Gasteiger charge is 2.30. The van der Waals surface area contributed by atoms with E-state index >= 15 is 0 Å². The van der Waals surface area contributed by atoms with Gasteiger partial charge in [-0.15, -0.1) is 0 Å². The number of aliphatic hydroxyl groups is 1. The van der Waals surface area contributed by atoms with Crippen molar-refractivity contribution in [2.24, 2.45) is 0 Å². The van der Waals surface area contributed by atoms with Gasteiger partial charge in [0.05, 0.1) is 5.69 Å². The highest BCUT2D eigenvalue weighted by Crippen LogP contribution is 2.34. The summed E-state index contributed by atoms with van der Waals surface area (Å²) in [5.41, 5.74) is 1.90. The number of aliphatic hydroxyl groups excluding tert-OH is 1. The Morgan fingerprint density at radius 2 is 1.97 bits per heavy atom. The summed E-state index contributed by atoms with van der Waals surface area (Å²) in [7, 11) is 2.13. The smallest absolute Gasteiger partial charge is 0.228 e. The number of imidazole rings is 1. The number of piperazine rings is 1. The SMILES string of the molecule is CC1CN(c2ccc3c(n2)OC(O)C(c2cn4cccc(F)c4n2)=C3)C(C)CN1C. The third-order valence-electron chi connectivity index (χ3n) is 6.00. The van der Waals surface area contributed by atoms with Gasteiger partial charge in [-0.1, -0.05) is 0 Å². The molecule has 3 unspecified atom stereocenters. The van der Waals surface area contributed by atoms with E-state index in [4.69, 9.17) is 4.74 Å². The number of halogens is 1. The molecule has 1 fully saturated rings. The number of aromatic nitrogens is 3. The number of hydrogen-bond donors (Lipinski definition) is 1. The average Bonchev–Trinajstić information content (AvgIpc) is 3.15. The van der Waals surface area contributed by atoms with Crippen molar-refractivity contribution >= 4 is 23.1 Å². The summed E-state index contributed by atoms with van der Waals surface area (Å²) < 4.78 is 21.3. The molecule has 0 bridgehead atoms. The molecule has 0 spiro atoms. The molecular weight excluding hydrogens is 385 g/mol. The Balaban J connectivity index is 1.49. The maximum atomic E-state index is 14.0. The third kappa shape index (κ3) is 3.12. The van der Waals surface area contributed by atoms with Gasteiger partial charge >= 0.3 is 0 Å². The Bertz CT molecular complexity index is 1140. The first-order chi connectivity index (χ1) is 14.4. The lowest BCUT2D eigenvalue weighted by atomic mass is 10.1. The Kier molecular flexibility index (Phi) is 4.48. The molecule has 1 N–H and O–H groups in total. The van der Waals surface area contributed by atoms with E-state index in [1.807, 2.05) is 12.1 Å². The number of nitrogens with zero attached hydrogens (tertiary/aromatic N) is 5. The molecule has 2 aliphatic rings. The van der Waals surface area contributed by atoms with Gasteiger partial charge < -0.3 is 19.1 Å². The van der Waals surface area contributed by atoms with Crippen LogP contribution in [-0.4, -0.2) is 62.9 Å².